The van der Waals surface area contributed by atoms with Gasteiger partial charge < -0.3 is 5.32 Å². The van der Waals surface area contributed by atoms with E-state index in [4.69, 9.17) is 0 Å². The van der Waals surface area contributed by atoms with Gasteiger partial charge in [0, 0.05) is 24.5 Å². The smallest absolute Gasteiger partial charge is 0.220 e. The lowest BCUT2D eigenvalue weighted by molar-refractivity contribution is -0.119. The SMILES string of the molecule is O=C1CC[C@H](CN2CCCCC23CCS(=O)(=O)CC3)N1. The van der Waals surface area contributed by atoms with Crippen LogP contribution < -0.4 is 5.32 Å². The third kappa shape index (κ3) is 2.86. The number of carbonyl (C=O) groups excluding carboxylic acids is 1. The number of rotatable bonds is 2. The van der Waals surface area contributed by atoms with Gasteiger partial charge in [0.05, 0.1) is 11.5 Å². The number of amides is 1. The number of likely N-dealkylation sites (tertiary alicyclic amines) is 1. The van der Waals surface area contributed by atoms with Crippen LogP contribution in [0.5, 0.6) is 0 Å². The average molecular weight is 300 g/mol. The molecule has 0 unspecified atom stereocenters. The lowest BCUT2D eigenvalue weighted by Crippen LogP contribution is -2.58. The molecule has 0 saturated carbocycles. The second-order valence-corrected chi connectivity index (χ2v) is 8.89. The highest BCUT2D eigenvalue weighted by Gasteiger charge is 2.43. The van der Waals surface area contributed by atoms with E-state index in [1.54, 1.807) is 0 Å². The van der Waals surface area contributed by atoms with Crippen molar-refractivity contribution in [1.29, 1.82) is 0 Å². The Balaban J connectivity index is 1.69. The number of hydrogen-bond acceptors (Lipinski definition) is 4. The monoisotopic (exact) mass is 300 g/mol. The van der Waals surface area contributed by atoms with E-state index in [-0.39, 0.29) is 17.5 Å². The van der Waals surface area contributed by atoms with Crippen LogP contribution in [-0.2, 0) is 14.6 Å². The Bertz CT molecular complexity index is 475. The topological polar surface area (TPSA) is 66.5 Å². The molecular weight excluding hydrogens is 276 g/mol. The first-order valence-electron chi connectivity index (χ1n) is 7.74. The normalized spacial score (nSPS) is 33.2. The Morgan fingerprint density at radius 1 is 1.20 bits per heavy atom. The molecule has 1 atom stereocenters. The molecule has 6 heteroatoms. The molecule has 3 aliphatic rings. The molecular formula is C14H24N2O3S. The Hall–Kier alpha value is -0.620. The fourth-order valence-corrected chi connectivity index (χ4v) is 5.59. The summed E-state index contributed by atoms with van der Waals surface area (Å²) < 4.78 is 23.4. The van der Waals surface area contributed by atoms with Crippen molar-refractivity contribution < 1.29 is 13.2 Å². The summed E-state index contributed by atoms with van der Waals surface area (Å²) in [6.07, 6.45) is 6.61. The van der Waals surface area contributed by atoms with Gasteiger partial charge in [-0.1, -0.05) is 6.42 Å². The number of carbonyl (C=O) groups is 1. The predicted molar refractivity (Wildman–Crippen MR) is 77.2 cm³/mol. The molecule has 1 spiro atoms. The quantitative estimate of drug-likeness (QED) is 0.815. The van der Waals surface area contributed by atoms with Crippen LogP contribution in [0.2, 0.25) is 0 Å². The molecule has 0 aliphatic carbocycles. The summed E-state index contributed by atoms with van der Waals surface area (Å²) in [5, 5.41) is 3.04. The number of piperidine rings is 1. The minimum absolute atomic E-state index is 0.0802. The average Bonchev–Trinajstić information content (AvgIpc) is 2.82. The number of nitrogens with one attached hydrogen (secondary N) is 1. The fraction of sp³-hybridized carbons (Fsp3) is 0.929. The second kappa shape index (κ2) is 5.30. The summed E-state index contributed by atoms with van der Waals surface area (Å²) in [6.45, 7) is 1.94. The minimum Gasteiger partial charge on any atom is -0.352 e. The van der Waals surface area contributed by atoms with E-state index in [9.17, 15) is 13.2 Å². The van der Waals surface area contributed by atoms with Gasteiger partial charge in [0.2, 0.25) is 5.91 Å². The summed E-state index contributed by atoms with van der Waals surface area (Å²) in [5.41, 5.74) is 0.0802. The first kappa shape index (κ1) is 14.3. The lowest BCUT2D eigenvalue weighted by Gasteiger charge is -2.50. The second-order valence-electron chi connectivity index (χ2n) is 6.58. The van der Waals surface area contributed by atoms with Crippen molar-refractivity contribution >= 4 is 15.7 Å². The minimum atomic E-state index is -2.81. The first-order valence-corrected chi connectivity index (χ1v) is 9.56. The first-order chi connectivity index (χ1) is 9.49. The lowest BCUT2D eigenvalue weighted by atomic mass is 9.81. The molecule has 20 heavy (non-hydrogen) atoms. The summed E-state index contributed by atoms with van der Waals surface area (Å²) in [4.78, 5) is 13.8. The summed E-state index contributed by atoms with van der Waals surface area (Å²) >= 11 is 0. The highest BCUT2D eigenvalue weighted by atomic mass is 32.2. The maximum atomic E-state index is 11.7. The van der Waals surface area contributed by atoms with Gasteiger partial charge in [-0.15, -0.1) is 0 Å². The van der Waals surface area contributed by atoms with Crippen molar-refractivity contribution in [3.05, 3.63) is 0 Å². The standard InChI is InChI=1S/C14H24N2O3S/c17-13-4-3-12(15-13)11-16-8-2-1-5-14(16)6-9-20(18,19)10-7-14/h12H,1-11H2,(H,15,17)/t12-/m1/s1. The van der Waals surface area contributed by atoms with Gasteiger partial charge in [-0.3, -0.25) is 9.69 Å². The van der Waals surface area contributed by atoms with Crippen LogP contribution in [-0.4, -0.2) is 55.4 Å². The maximum absolute atomic E-state index is 11.7. The summed E-state index contributed by atoms with van der Waals surface area (Å²) in [5.74, 6) is 0.827. The fourth-order valence-electron chi connectivity index (χ4n) is 4.00. The Morgan fingerprint density at radius 2 is 1.95 bits per heavy atom. The molecule has 3 saturated heterocycles. The molecule has 3 aliphatic heterocycles. The van der Waals surface area contributed by atoms with Gasteiger partial charge in [0.1, 0.15) is 9.84 Å². The van der Waals surface area contributed by atoms with E-state index in [0.29, 0.717) is 17.9 Å². The molecule has 3 rings (SSSR count). The molecule has 0 bridgehead atoms. The third-order valence-corrected chi connectivity index (χ3v) is 6.93. The van der Waals surface area contributed by atoms with Crippen LogP contribution >= 0.6 is 0 Å². The van der Waals surface area contributed by atoms with Gasteiger partial charge in [0.25, 0.3) is 0 Å². The van der Waals surface area contributed by atoms with Crippen molar-refractivity contribution in [2.75, 3.05) is 24.6 Å². The number of sulfone groups is 1. The molecule has 3 fully saturated rings. The Kier molecular flexibility index (Phi) is 3.79. The van der Waals surface area contributed by atoms with Crippen LogP contribution in [0, 0.1) is 0 Å². The van der Waals surface area contributed by atoms with Crippen LogP contribution in [0.4, 0.5) is 0 Å². The number of nitrogens with zero attached hydrogens (tertiary/aromatic N) is 1. The van der Waals surface area contributed by atoms with E-state index >= 15 is 0 Å². The van der Waals surface area contributed by atoms with Crippen molar-refractivity contribution in [2.24, 2.45) is 0 Å². The largest absolute Gasteiger partial charge is 0.352 e. The van der Waals surface area contributed by atoms with E-state index < -0.39 is 9.84 Å². The van der Waals surface area contributed by atoms with E-state index in [1.165, 1.54) is 12.8 Å². The molecule has 3 heterocycles. The van der Waals surface area contributed by atoms with Crippen molar-refractivity contribution in [1.82, 2.24) is 10.2 Å². The number of hydrogen-bond donors (Lipinski definition) is 1. The van der Waals surface area contributed by atoms with Crippen LogP contribution in [0.25, 0.3) is 0 Å². The molecule has 1 amide bonds. The van der Waals surface area contributed by atoms with Crippen molar-refractivity contribution in [3.8, 4) is 0 Å². The van der Waals surface area contributed by atoms with E-state index in [2.05, 4.69) is 10.2 Å². The van der Waals surface area contributed by atoms with Crippen LogP contribution in [0.3, 0.4) is 0 Å². The summed E-state index contributed by atoms with van der Waals surface area (Å²) in [7, 11) is -2.81. The molecule has 0 aromatic heterocycles. The van der Waals surface area contributed by atoms with Gasteiger partial charge >= 0.3 is 0 Å². The molecule has 0 radical (unpaired) electrons. The molecule has 1 N–H and O–H groups in total. The third-order valence-electron chi connectivity index (χ3n) is 5.27. The van der Waals surface area contributed by atoms with Crippen LogP contribution in [0.15, 0.2) is 0 Å². The zero-order valence-corrected chi connectivity index (χ0v) is 12.8. The van der Waals surface area contributed by atoms with E-state index in [1.807, 2.05) is 0 Å². The van der Waals surface area contributed by atoms with Gasteiger partial charge in [0.15, 0.2) is 0 Å². The van der Waals surface area contributed by atoms with Gasteiger partial charge in [-0.2, -0.15) is 0 Å². The molecule has 0 aromatic rings. The Labute approximate surface area is 121 Å². The van der Waals surface area contributed by atoms with E-state index in [0.717, 1.165) is 38.8 Å². The molecule has 114 valence electrons. The molecule has 0 aromatic carbocycles. The van der Waals surface area contributed by atoms with Crippen LogP contribution in [0.1, 0.15) is 44.9 Å². The van der Waals surface area contributed by atoms with Crippen molar-refractivity contribution in [3.63, 3.8) is 0 Å². The maximum Gasteiger partial charge on any atom is 0.220 e. The zero-order chi connectivity index (χ0) is 14.2. The van der Waals surface area contributed by atoms with Gasteiger partial charge in [-0.25, -0.2) is 8.42 Å². The molecule has 5 nitrogen and oxygen atoms in total. The predicted octanol–water partition coefficient (Wildman–Crippen LogP) is 0.698. The summed E-state index contributed by atoms with van der Waals surface area (Å²) in [6, 6.07) is 0.260. The highest BCUT2D eigenvalue weighted by Crippen LogP contribution is 2.38. The van der Waals surface area contributed by atoms with Crippen molar-refractivity contribution in [2.45, 2.75) is 56.5 Å². The van der Waals surface area contributed by atoms with Gasteiger partial charge in [-0.05, 0) is 38.6 Å². The highest BCUT2D eigenvalue weighted by molar-refractivity contribution is 7.91. The Morgan fingerprint density at radius 3 is 2.60 bits per heavy atom. The zero-order valence-electron chi connectivity index (χ0n) is 11.9.